The fourth-order valence-corrected chi connectivity index (χ4v) is 3.00. The molecular formula is C13H6Br2Cl2FNO. The number of amides is 1. The summed E-state index contributed by atoms with van der Waals surface area (Å²) < 4.78 is 14.1. The van der Waals surface area contributed by atoms with E-state index >= 15 is 0 Å². The van der Waals surface area contributed by atoms with Crippen molar-refractivity contribution in [2.24, 2.45) is 0 Å². The lowest BCUT2D eigenvalue weighted by Crippen LogP contribution is -2.13. The van der Waals surface area contributed by atoms with E-state index in [0.717, 1.165) is 6.07 Å². The first-order chi connectivity index (χ1) is 9.40. The number of carbonyl (C=O) groups is 1. The van der Waals surface area contributed by atoms with E-state index < -0.39 is 11.7 Å². The van der Waals surface area contributed by atoms with Gasteiger partial charge in [0, 0.05) is 8.95 Å². The van der Waals surface area contributed by atoms with Gasteiger partial charge in [0.05, 0.1) is 21.3 Å². The molecule has 0 saturated heterocycles. The Morgan fingerprint density at radius 3 is 2.50 bits per heavy atom. The van der Waals surface area contributed by atoms with Crippen molar-refractivity contribution in [2.45, 2.75) is 0 Å². The number of halogens is 5. The van der Waals surface area contributed by atoms with Crippen molar-refractivity contribution < 1.29 is 9.18 Å². The normalized spacial score (nSPS) is 10.4. The molecule has 104 valence electrons. The molecule has 0 aliphatic heterocycles. The quantitative estimate of drug-likeness (QED) is 0.616. The molecule has 20 heavy (non-hydrogen) atoms. The van der Waals surface area contributed by atoms with Gasteiger partial charge < -0.3 is 5.32 Å². The van der Waals surface area contributed by atoms with Crippen molar-refractivity contribution in [2.75, 3.05) is 5.32 Å². The van der Waals surface area contributed by atoms with Gasteiger partial charge in [0.25, 0.3) is 5.91 Å². The molecule has 0 spiro atoms. The van der Waals surface area contributed by atoms with Gasteiger partial charge in [-0.3, -0.25) is 4.79 Å². The Morgan fingerprint density at radius 2 is 1.85 bits per heavy atom. The van der Waals surface area contributed by atoms with Crippen molar-refractivity contribution in [3.63, 3.8) is 0 Å². The Kier molecular flexibility index (Phi) is 5.07. The molecule has 2 rings (SSSR count). The molecule has 2 aromatic carbocycles. The number of benzene rings is 2. The van der Waals surface area contributed by atoms with Gasteiger partial charge in [-0.05, 0) is 56.1 Å². The third-order valence-electron chi connectivity index (χ3n) is 2.44. The Morgan fingerprint density at radius 1 is 1.15 bits per heavy atom. The highest BCUT2D eigenvalue weighted by atomic mass is 79.9. The van der Waals surface area contributed by atoms with E-state index in [4.69, 9.17) is 23.2 Å². The molecule has 1 amide bonds. The summed E-state index contributed by atoms with van der Waals surface area (Å²) in [6.07, 6.45) is 0. The van der Waals surface area contributed by atoms with Gasteiger partial charge in [0.1, 0.15) is 5.82 Å². The fourth-order valence-electron chi connectivity index (χ4n) is 1.52. The van der Waals surface area contributed by atoms with Crippen molar-refractivity contribution >= 4 is 66.7 Å². The van der Waals surface area contributed by atoms with Crippen LogP contribution in [-0.4, -0.2) is 5.91 Å². The number of hydrogen-bond donors (Lipinski definition) is 1. The second kappa shape index (κ2) is 6.43. The number of anilines is 1. The molecule has 0 unspecified atom stereocenters. The molecular weight excluding hydrogens is 436 g/mol. The van der Waals surface area contributed by atoms with Crippen LogP contribution in [0.4, 0.5) is 10.1 Å². The van der Waals surface area contributed by atoms with Crippen LogP contribution in [0.5, 0.6) is 0 Å². The summed E-state index contributed by atoms with van der Waals surface area (Å²) in [4.78, 5) is 12.2. The third kappa shape index (κ3) is 3.34. The van der Waals surface area contributed by atoms with E-state index in [1.165, 1.54) is 6.07 Å². The minimum atomic E-state index is -0.500. The number of carbonyl (C=O) groups excluding carboxylic acids is 1. The van der Waals surface area contributed by atoms with Crippen LogP contribution >= 0.6 is 55.1 Å². The van der Waals surface area contributed by atoms with Gasteiger partial charge in [0.2, 0.25) is 0 Å². The van der Waals surface area contributed by atoms with Crippen molar-refractivity contribution in [3.05, 3.63) is 60.7 Å². The summed E-state index contributed by atoms with van der Waals surface area (Å²) in [6.45, 7) is 0. The van der Waals surface area contributed by atoms with Crippen molar-refractivity contribution in [3.8, 4) is 0 Å². The summed E-state index contributed by atoms with van der Waals surface area (Å²) in [5.74, 6) is -0.939. The van der Waals surface area contributed by atoms with Gasteiger partial charge in [-0.25, -0.2) is 4.39 Å². The molecule has 2 aromatic rings. The van der Waals surface area contributed by atoms with Gasteiger partial charge in [-0.15, -0.1) is 0 Å². The minimum Gasteiger partial charge on any atom is -0.320 e. The molecule has 7 heteroatoms. The first-order valence-corrected chi connectivity index (χ1v) is 7.64. The number of nitrogens with one attached hydrogen (secondary N) is 1. The predicted molar refractivity (Wildman–Crippen MR) is 86.2 cm³/mol. The summed E-state index contributed by atoms with van der Waals surface area (Å²) >= 11 is 18.3. The fraction of sp³-hybridized carbons (Fsp3) is 0. The van der Waals surface area contributed by atoms with Crippen LogP contribution in [0.25, 0.3) is 0 Å². The lowest BCUT2D eigenvalue weighted by Gasteiger charge is -2.11. The number of rotatable bonds is 2. The standard InChI is InChI=1S/C13H6Br2Cl2FNO/c14-8-3-1-2-7(11(8)17)13(20)19-12-9(15)4-6(18)5-10(12)16/h1-5H,(H,19,20). The van der Waals surface area contributed by atoms with E-state index in [1.54, 1.807) is 18.2 Å². The third-order valence-corrected chi connectivity index (χ3v) is 4.66. The van der Waals surface area contributed by atoms with E-state index in [-0.39, 0.29) is 16.3 Å². The van der Waals surface area contributed by atoms with Crippen LogP contribution in [0.1, 0.15) is 10.4 Å². The summed E-state index contributed by atoms with van der Waals surface area (Å²) in [5, 5.41) is 2.99. The molecule has 0 aliphatic carbocycles. The highest BCUT2D eigenvalue weighted by Gasteiger charge is 2.16. The van der Waals surface area contributed by atoms with Gasteiger partial charge in [-0.1, -0.05) is 29.3 Å². The zero-order valence-electron chi connectivity index (χ0n) is 9.68. The van der Waals surface area contributed by atoms with Crippen LogP contribution in [0.3, 0.4) is 0 Å². The van der Waals surface area contributed by atoms with E-state index in [0.29, 0.717) is 14.0 Å². The first kappa shape index (κ1) is 15.8. The minimum absolute atomic E-state index is 0.0938. The van der Waals surface area contributed by atoms with Crippen molar-refractivity contribution in [1.82, 2.24) is 0 Å². The monoisotopic (exact) mass is 439 g/mol. The van der Waals surface area contributed by atoms with Crippen LogP contribution in [0.15, 0.2) is 39.3 Å². The lowest BCUT2D eigenvalue weighted by molar-refractivity contribution is 0.102. The van der Waals surface area contributed by atoms with Crippen LogP contribution < -0.4 is 5.32 Å². The number of hydrogen-bond acceptors (Lipinski definition) is 1. The van der Waals surface area contributed by atoms with Gasteiger partial charge >= 0.3 is 0 Å². The van der Waals surface area contributed by atoms with E-state index in [9.17, 15) is 9.18 Å². The highest BCUT2D eigenvalue weighted by molar-refractivity contribution is 9.11. The maximum atomic E-state index is 13.1. The zero-order chi connectivity index (χ0) is 14.9. The molecule has 0 aliphatic rings. The molecule has 0 heterocycles. The highest BCUT2D eigenvalue weighted by Crippen LogP contribution is 2.33. The van der Waals surface area contributed by atoms with E-state index in [2.05, 4.69) is 37.2 Å². The molecule has 1 N–H and O–H groups in total. The SMILES string of the molecule is O=C(Nc1c(Cl)cc(F)cc1Br)c1cccc(Br)c1Cl. The summed E-state index contributed by atoms with van der Waals surface area (Å²) in [5.41, 5.74) is 0.572. The lowest BCUT2D eigenvalue weighted by atomic mass is 10.2. The van der Waals surface area contributed by atoms with E-state index in [1.807, 2.05) is 0 Å². The Bertz CT molecular complexity index is 671. The molecule has 0 aromatic heterocycles. The second-order valence-corrected chi connectivity index (χ2v) is 6.29. The van der Waals surface area contributed by atoms with Crippen LogP contribution in [0, 0.1) is 5.82 Å². The summed E-state index contributed by atoms with van der Waals surface area (Å²) in [6, 6.07) is 7.31. The molecule has 0 radical (unpaired) electrons. The Balaban J connectivity index is 2.36. The zero-order valence-corrected chi connectivity index (χ0v) is 14.4. The maximum absolute atomic E-state index is 13.1. The van der Waals surface area contributed by atoms with Crippen LogP contribution in [-0.2, 0) is 0 Å². The first-order valence-electron chi connectivity index (χ1n) is 5.30. The molecule has 0 atom stereocenters. The Labute approximate surface area is 141 Å². The predicted octanol–water partition coefficient (Wildman–Crippen LogP) is 5.91. The Hall–Kier alpha value is -0.620. The van der Waals surface area contributed by atoms with Crippen LogP contribution in [0.2, 0.25) is 10.0 Å². The average Bonchev–Trinajstić information content (AvgIpc) is 2.36. The molecule has 0 bridgehead atoms. The topological polar surface area (TPSA) is 29.1 Å². The molecule has 0 fully saturated rings. The second-order valence-electron chi connectivity index (χ2n) is 3.80. The molecule has 0 saturated carbocycles. The van der Waals surface area contributed by atoms with Crippen molar-refractivity contribution in [1.29, 1.82) is 0 Å². The largest absolute Gasteiger partial charge is 0.320 e. The smallest absolute Gasteiger partial charge is 0.257 e. The molecule has 2 nitrogen and oxygen atoms in total. The van der Waals surface area contributed by atoms with Gasteiger partial charge in [0.15, 0.2) is 0 Å². The average molecular weight is 442 g/mol. The van der Waals surface area contributed by atoms with Gasteiger partial charge in [-0.2, -0.15) is 0 Å². The summed E-state index contributed by atoms with van der Waals surface area (Å²) in [7, 11) is 0. The maximum Gasteiger partial charge on any atom is 0.257 e.